The molecule has 0 radical (unpaired) electrons. The molecule has 0 bridgehead atoms. The lowest BCUT2D eigenvalue weighted by molar-refractivity contribution is -0.0802. The Bertz CT molecular complexity index is 1220. The Hall–Kier alpha value is -2.32. The lowest BCUT2D eigenvalue weighted by Crippen LogP contribution is -2.54. The maximum Gasteiger partial charge on any atom is 0.245 e. The molecule has 1 atom stereocenters. The van der Waals surface area contributed by atoms with Crippen molar-refractivity contribution in [2.45, 2.75) is 28.4 Å². The number of nitrogens with zero attached hydrogens (tertiary/aromatic N) is 2. The molecule has 2 aromatic carbocycles. The van der Waals surface area contributed by atoms with Crippen molar-refractivity contribution in [1.29, 1.82) is 0 Å². The van der Waals surface area contributed by atoms with Crippen LogP contribution in [-0.4, -0.2) is 88.2 Å². The molecule has 10 nitrogen and oxygen atoms in total. The molecule has 2 heterocycles. The average molecular weight is 523 g/mol. The zero-order valence-electron chi connectivity index (χ0n) is 18.8. The van der Waals surface area contributed by atoms with E-state index in [0.717, 1.165) is 0 Å². The van der Waals surface area contributed by atoms with Gasteiger partial charge in [0.2, 0.25) is 10.0 Å². The van der Waals surface area contributed by atoms with E-state index < -0.39 is 51.5 Å². The van der Waals surface area contributed by atoms with Crippen LogP contribution in [0.1, 0.15) is 33.6 Å². The summed E-state index contributed by atoms with van der Waals surface area (Å²) in [5.41, 5.74) is -0.487. The standard InChI is InChI=1S/C23H26N2O8S2/c26-15-21(28)17-1-5-19(6-2-17)34(30)24-11-9-23(10-12-24)25(13-14-33-23)35(31,32)20-7-3-18(4-8-20)22(29)16-27/h1-8,26-27H,9-16H2. The van der Waals surface area contributed by atoms with Gasteiger partial charge in [-0.05, 0) is 36.4 Å². The van der Waals surface area contributed by atoms with Crippen LogP contribution in [-0.2, 0) is 25.7 Å². The molecule has 0 amide bonds. The first-order valence-electron chi connectivity index (χ1n) is 11.0. The third kappa shape index (κ3) is 5.00. The second-order valence-corrected chi connectivity index (χ2v) is 11.6. The quantitative estimate of drug-likeness (QED) is 0.480. The molecular formula is C23H26N2O8S2. The highest BCUT2D eigenvalue weighted by Gasteiger charge is 2.51. The minimum atomic E-state index is -3.91. The fourth-order valence-corrected chi connectivity index (χ4v) is 7.26. The van der Waals surface area contributed by atoms with Crippen molar-refractivity contribution in [3.05, 3.63) is 59.7 Å². The predicted molar refractivity (Wildman–Crippen MR) is 126 cm³/mol. The Balaban J connectivity index is 1.47. The smallest absolute Gasteiger partial charge is 0.245 e. The number of rotatable bonds is 8. The highest BCUT2D eigenvalue weighted by molar-refractivity contribution is 7.89. The summed E-state index contributed by atoms with van der Waals surface area (Å²) in [5.74, 6) is -0.915. The molecule has 12 heteroatoms. The molecule has 0 aliphatic carbocycles. The lowest BCUT2D eigenvalue weighted by Gasteiger charge is -2.42. The van der Waals surface area contributed by atoms with E-state index in [-0.39, 0.29) is 23.6 Å². The SMILES string of the molecule is O=C(CO)c1ccc(S(=O)N2CCC3(CC2)OCCN3S(=O)(=O)c2ccc(C(=O)CO)cc2)cc1. The van der Waals surface area contributed by atoms with Crippen LogP contribution in [0.25, 0.3) is 0 Å². The van der Waals surface area contributed by atoms with Gasteiger partial charge in [0.15, 0.2) is 11.6 Å². The first-order valence-corrected chi connectivity index (χ1v) is 13.6. The van der Waals surface area contributed by atoms with Gasteiger partial charge in [-0.25, -0.2) is 16.9 Å². The maximum absolute atomic E-state index is 13.4. The summed E-state index contributed by atoms with van der Waals surface area (Å²) in [5, 5.41) is 18.0. The van der Waals surface area contributed by atoms with Crippen LogP contribution in [0, 0.1) is 0 Å². The molecule has 1 spiro atoms. The fraction of sp³-hybridized carbons (Fsp3) is 0.391. The Morgan fingerprint density at radius 2 is 1.40 bits per heavy atom. The van der Waals surface area contributed by atoms with Crippen molar-refractivity contribution in [3.8, 4) is 0 Å². The highest BCUT2D eigenvalue weighted by Crippen LogP contribution is 2.39. The van der Waals surface area contributed by atoms with E-state index in [1.807, 2.05) is 0 Å². The third-order valence-electron chi connectivity index (χ3n) is 6.29. The summed E-state index contributed by atoms with van der Waals surface area (Å²) in [6.45, 7) is -0.161. The van der Waals surface area contributed by atoms with Gasteiger partial charge in [-0.3, -0.25) is 9.59 Å². The topological polar surface area (TPSA) is 142 Å². The number of benzene rings is 2. The van der Waals surface area contributed by atoms with Crippen LogP contribution in [0.3, 0.4) is 0 Å². The summed E-state index contributed by atoms with van der Waals surface area (Å²) in [4.78, 5) is 23.8. The number of hydrogen-bond acceptors (Lipinski definition) is 8. The van der Waals surface area contributed by atoms with Gasteiger partial charge in [0, 0.05) is 43.6 Å². The molecule has 0 saturated carbocycles. The Kier molecular flexibility index (Phi) is 7.62. The van der Waals surface area contributed by atoms with Gasteiger partial charge in [0.05, 0.1) is 16.4 Å². The average Bonchev–Trinajstić information content (AvgIpc) is 3.31. The number of ketones is 2. The van der Waals surface area contributed by atoms with Crippen LogP contribution in [0.5, 0.6) is 0 Å². The normalized spacial score (nSPS) is 19.6. The van der Waals surface area contributed by atoms with Gasteiger partial charge in [-0.15, -0.1) is 0 Å². The number of carbonyl (C=O) groups is 2. The van der Waals surface area contributed by atoms with Crippen LogP contribution < -0.4 is 0 Å². The minimum Gasteiger partial charge on any atom is -0.388 e. The van der Waals surface area contributed by atoms with Crippen LogP contribution >= 0.6 is 0 Å². The number of piperidine rings is 1. The molecule has 188 valence electrons. The fourth-order valence-electron chi connectivity index (χ4n) is 4.36. The number of aliphatic hydroxyl groups excluding tert-OH is 2. The van der Waals surface area contributed by atoms with Crippen molar-refractivity contribution < 1.29 is 37.2 Å². The summed E-state index contributed by atoms with van der Waals surface area (Å²) < 4.78 is 48.9. The van der Waals surface area contributed by atoms with Crippen molar-refractivity contribution in [2.75, 3.05) is 39.5 Å². The minimum absolute atomic E-state index is 0.0281. The van der Waals surface area contributed by atoms with Gasteiger partial charge in [0.1, 0.15) is 29.9 Å². The number of hydrogen-bond donors (Lipinski definition) is 2. The van der Waals surface area contributed by atoms with Crippen molar-refractivity contribution >= 4 is 32.6 Å². The molecule has 2 fully saturated rings. The van der Waals surface area contributed by atoms with E-state index in [1.165, 1.54) is 40.7 Å². The van der Waals surface area contributed by atoms with E-state index in [2.05, 4.69) is 0 Å². The van der Waals surface area contributed by atoms with Gasteiger partial charge >= 0.3 is 0 Å². The monoisotopic (exact) mass is 522 g/mol. The summed E-state index contributed by atoms with van der Waals surface area (Å²) in [6.07, 6.45) is 0.639. The summed E-state index contributed by atoms with van der Waals surface area (Å²) in [7, 11) is -5.42. The van der Waals surface area contributed by atoms with Gasteiger partial charge < -0.3 is 14.9 Å². The molecule has 2 aliphatic rings. The summed E-state index contributed by atoms with van der Waals surface area (Å²) in [6, 6.07) is 11.6. The van der Waals surface area contributed by atoms with Gasteiger partial charge in [-0.2, -0.15) is 4.31 Å². The highest BCUT2D eigenvalue weighted by atomic mass is 32.2. The predicted octanol–water partition coefficient (Wildman–Crippen LogP) is 0.572. The molecule has 2 aromatic rings. The molecular weight excluding hydrogens is 496 g/mol. The van der Waals surface area contributed by atoms with E-state index in [1.54, 1.807) is 16.4 Å². The van der Waals surface area contributed by atoms with E-state index in [0.29, 0.717) is 36.4 Å². The first-order chi connectivity index (χ1) is 16.7. The second-order valence-electron chi connectivity index (χ2n) is 8.26. The maximum atomic E-state index is 13.4. The van der Waals surface area contributed by atoms with E-state index in [9.17, 15) is 22.2 Å². The Morgan fingerprint density at radius 1 is 0.886 bits per heavy atom. The molecule has 0 aromatic heterocycles. The van der Waals surface area contributed by atoms with Crippen LogP contribution in [0.4, 0.5) is 0 Å². The van der Waals surface area contributed by atoms with Crippen molar-refractivity contribution in [2.24, 2.45) is 0 Å². The van der Waals surface area contributed by atoms with Gasteiger partial charge in [0.25, 0.3) is 0 Å². The van der Waals surface area contributed by atoms with E-state index in [4.69, 9.17) is 14.9 Å². The van der Waals surface area contributed by atoms with Crippen molar-refractivity contribution in [1.82, 2.24) is 8.61 Å². The van der Waals surface area contributed by atoms with Gasteiger partial charge in [-0.1, -0.05) is 12.1 Å². The zero-order chi connectivity index (χ0) is 25.2. The first kappa shape index (κ1) is 25.8. The van der Waals surface area contributed by atoms with E-state index >= 15 is 0 Å². The number of ether oxygens (including phenoxy) is 1. The molecule has 2 N–H and O–H groups in total. The lowest BCUT2D eigenvalue weighted by atomic mass is 10.0. The number of Topliss-reactive ketones (excluding diaryl/α,β-unsaturated/α-hetero) is 2. The molecule has 2 saturated heterocycles. The van der Waals surface area contributed by atoms with Crippen LogP contribution in [0.15, 0.2) is 58.3 Å². The number of aliphatic hydroxyl groups is 2. The Labute approximate surface area is 205 Å². The number of carbonyl (C=O) groups excluding carboxylic acids is 2. The molecule has 1 unspecified atom stereocenters. The molecule has 4 rings (SSSR count). The third-order valence-corrected chi connectivity index (χ3v) is 9.76. The van der Waals surface area contributed by atoms with Crippen LogP contribution in [0.2, 0.25) is 0 Å². The van der Waals surface area contributed by atoms with Crippen molar-refractivity contribution in [3.63, 3.8) is 0 Å². The number of sulfonamides is 1. The summed E-state index contributed by atoms with van der Waals surface area (Å²) >= 11 is 0. The Morgan fingerprint density at radius 3 is 1.91 bits per heavy atom. The zero-order valence-corrected chi connectivity index (χ0v) is 20.5. The second kappa shape index (κ2) is 10.3. The molecule has 2 aliphatic heterocycles. The molecule has 35 heavy (non-hydrogen) atoms. The largest absolute Gasteiger partial charge is 0.388 e.